The van der Waals surface area contributed by atoms with Gasteiger partial charge in [0.05, 0.1) is 17.5 Å². The Bertz CT molecular complexity index is 389. The SMILES string of the molecule is CC1Nc2cc(C(N)=O)ccc2N1C. The van der Waals surface area contributed by atoms with Gasteiger partial charge in [-0.1, -0.05) is 0 Å². The molecule has 1 aliphatic rings. The van der Waals surface area contributed by atoms with Gasteiger partial charge in [-0.25, -0.2) is 0 Å². The van der Waals surface area contributed by atoms with Gasteiger partial charge in [0.2, 0.25) is 5.91 Å². The van der Waals surface area contributed by atoms with Crippen molar-refractivity contribution in [3.63, 3.8) is 0 Å². The fourth-order valence-electron chi connectivity index (χ4n) is 1.64. The summed E-state index contributed by atoms with van der Waals surface area (Å²) in [5, 5.41) is 3.26. The summed E-state index contributed by atoms with van der Waals surface area (Å²) in [5.41, 5.74) is 7.81. The van der Waals surface area contributed by atoms with E-state index in [1.807, 2.05) is 13.1 Å². The van der Waals surface area contributed by atoms with Crippen LogP contribution in [-0.4, -0.2) is 19.1 Å². The number of rotatable bonds is 1. The number of nitrogens with zero attached hydrogens (tertiary/aromatic N) is 1. The average Bonchev–Trinajstić information content (AvgIpc) is 2.42. The van der Waals surface area contributed by atoms with Crippen LogP contribution in [0.5, 0.6) is 0 Å². The summed E-state index contributed by atoms with van der Waals surface area (Å²) < 4.78 is 0. The molecular formula is C10H13N3O. The number of carbonyl (C=O) groups is 1. The van der Waals surface area contributed by atoms with Crippen molar-refractivity contribution in [1.82, 2.24) is 0 Å². The van der Waals surface area contributed by atoms with Crippen LogP contribution in [0.4, 0.5) is 11.4 Å². The molecule has 4 heteroatoms. The quantitative estimate of drug-likeness (QED) is 0.696. The highest BCUT2D eigenvalue weighted by molar-refractivity contribution is 5.95. The van der Waals surface area contributed by atoms with E-state index in [4.69, 9.17) is 5.73 Å². The molecule has 1 atom stereocenters. The Kier molecular flexibility index (Phi) is 1.84. The maximum Gasteiger partial charge on any atom is 0.248 e. The molecule has 1 aliphatic heterocycles. The third-order valence-corrected chi connectivity index (χ3v) is 2.61. The lowest BCUT2D eigenvalue weighted by Gasteiger charge is -2.16. The van der Waals surface area contributed by atoms with Crippen molar-refractivity contribution < 1.29 is 4.79 Å². The molecule has 1 amide bonds. The summed E-state index contributed by atoms with van der Waals surface area (Å²) in [7, 11) is 2.01. The molecule has 2 rings (SSSR count). The van der Waals surface area contributed by atoms with Crippen molar-refractivity contribution in [2.45, 2.75) is 13.1 Å². The number of fused-ring (bicyclic) bond motifs is 1. The van der Waals surface area contributed by atoms with E-state index in [0.717, 1.165) is 11.4 Å². The summed E-state index contributed by atoms with van der Waals surface area (Å²) in [5.74, 6) is -0.392. The maximum atomic E-state index is 10.9. The number of carbonyl (C=O) groups excluding carboxylic acids is 1. The fraction of sp³-hybridized carbons (Fsp3) is 0.300. The molecule has 0 saturated carbocycles. The van der Waals surface area contributed by atoms with Crippen LogP contribution in [-0.2, 0) is 0 Å². The van der Waals surface area contributed by atoms with Gasteiger partial charge in [-0.05, 0) is 25.1 Å². The van der Waals surface area contributed by atoms with Gasteiger partial charge in [-0.3, -0.25) is 4.79 Å². The Morgan fingerprint density at radius 3 is 2.93 bits per heavy atom. The minimum absolute atomic E-state index is 0.258. The van der Waals surface area contributed by atoms with E-state index in [1.165, 1.54) is 0 Å². The summed E-state index contributed by atoms with van der Waals surface area (Å²) in [6.07, 6.45) is 0.258. The van der Waals surface area contributed by atoms with Gasteiger partial charge >= 0.3 is 0 Å². The largest absolute Gasteiger partial charge is 0.366 e. The zero-order valence-electron chi connectivity index (χ0n) is 8.24. The Balaban J connectivity index is 2.44. The van der Waals surface area contributed by atoms with E-state index < -0.39 is 5.91 Å². The Hall–Kier alpha value is -1.71. The van der Waals surface area contributed by atoms with E-state index in [1.54, 1.807) is 12.1 Å². The number of nitrogens with one attached hydrogen (secondary N) is 1. The van der Waals surface area contributed by atoms with Crippen molar-refractivity contribution in [2.24, 2.45) is 5.73 Å². The first kappa shape index (κ1) is 8.87. The molecule has 0 fully saturated rings. The molecule has 3 N–H and O–H groups in total. The lowest BCUT2D eigenvalue weighted by molar-refractivity contribution is 0.100. The third-order valence-electron chi connectivity index (χ3n) is 2.61. The molecule has 0 aromatic heterocycles. The normalized spacial score (nSPS) is 19.0. The Morgan fingerprint density at radius 2 is 2.29 bits per heavy atom. The van der Waals surface area contributed by atoms with E-state index in [9.17, 15) is 4.79 Å². The maximum absolute atomic E-state index is 10.9. The lowest BCUT2D eigenvalue weighted by atomic mass is 10.1. The second-order valence-electron chi connectivity index (χ2n) is 3.53. The topological polar surface area (TPSA) is 58.4 Å². The van der Waals surface area contributed by atoms with Crippen molar-refractivity contribution in [3.05, 3.63) is 23.8 Å². The van der Waals surface area contributed by atoms with Gasteiger partial charge in [0.25, 0.3) is 0 Å². The number of anilines is 2. The average molecular weight is 191 g/mol. The number of amides is 1. The number of hydrogen-bond acceptors (Lipinski definition) is 3. The summed E-state index contributed by atoms with van der Waals surface area (Å²) >= 11 is 0. The van der Waals surface area contributed by atoms with Crippen LogP contribution in [0, 0.1) is 0 Å². The first-order valence-corrected chi connectivity index (χ1v) is 4.53. The van der Waals surface area contributed by atoms with Crippen LogP contribution in [0.1, 0.15) is 17.3 Å². The first-order valence-electron chi connectivity index (χ1n) is 4.53. The standard InChI is InChI=1S/C10H13N3O/c1-6-12-8-5-7(10(11)14)3-4-9(8)13(6)2/h3-6,12H,1-2H3,(H2,11,14). The molecule has 0 radical (unpaired) electrons. The highest BCUT2D eigenvalue weighted by Crippen LogP contribution is 2.33. The molecule has 0 aliphatic carbocycles. The monoisotopic (exact) mass is 191 g/mol. The molecule has 14 heavy (non-hydrogen) atoms. The first-order chi connectivity index (χ1) is 6.59. The van der Waals surface area contributed by atoms with Crippen LogP contribution in [0.2, 0.25) is 0 Å². The second kappa shape index (κ2) is 2.90. The number of hydrogen-bond donors (Lipinski definition) is 2. The number of nitrogens with two attached hydrogens (primary N) is 1. The van der Waals surface area contributed by atoms with Crippen LogP contribution in [0.25, 0.3) is 0 Å². The summed E-state index contributed by atoms with van der Waals surface area (Å²) in [4.78, 5) is 13.1. The van der Waals surface area contributed by atoms with Crippen LogP contribution < -0.4 is 16.0 Å². The Morgan fingerprint density at radius 1 is 1.57 bits per heavy atom. The van der Waals surface area contributed by atoms with Gasteiger partial charge in [0.1, 0.15) is 0 Å². The molecule has 1 aromatic carbocycles. The van der Waals surface area contributed by atoms with Gasteiger partial charge in [0, 0.05) is 12.6 Å². The van der Waals surface area contributed by atoms with Gasteiger partial charge in [-0.2, -0.15) is 0 Å². The molecule has 0 bridgehead atoms. The van der Waals surface area contributed by atoms with E-state index in [-0.39, 0.29) is 6.17 Å². The highest BCUT2D eigenvalue weighted by atomic mass is 16.1. The molecule has 1 aromatic rings. The van der Waals surface area contributed by atoms with E-state index >= 15 is 0 Å². The highest BCUT2D eigenvalue weighted by Gasteiger charge is 2.22. The Labute approximate surface area is 82.7 Å². The van der Waals surface area contributed by atoms with Crippen LogP contribution in [0.3, 0.4) is 0 Å². The molecular weight excluding hydrogens is 178 g/mol. The molecule has 4 nitrogen and oxygen atoms in total. The molecule has 0 spiro atoms. The van der Waals surface area contributed by atoms with Crippen molar-refractivity contribution >= 4 is 17.3 Å². The van der Waals surface area contributed by atoms with Crippen molar-refractivity contribution in [1.29, 1.82) is 0 Å². The minimum Gasteiger partial charge on any atom is -0.366 e. The zero-order valence-corrected chi connectivity index (χ0v) is 8.24. The molecule has 0 saturated heterocycles. The zero-order chi connectivity index (χ0) is 10.3. The summed E-state index contributed by atoms with van der Waals surface area (Å²) in [6, 6.07) is 5.45. The van der Waals surface area contributed by atoms with Gasteiger partial charge < -0.3 is 16.0 Å². The van der Waals surface area contributed by atoms with Gasteiger partial charge in [0.15, 0.2) is 0 Å². The summed E-state index contributed by atoms with van der Waals surface area (Å²) in [6.45, 7) is 2.06. The van der Waals surface area contributed by atoms with Crippen molar-refractivity contribution in [2.75, 3.05) is 17.3 Å². The second-order valence-corrected chi connectivity index (χ2v) is 3.53. The number of primary amides is 1. The fourth-order valence-corrected chi connectivity index (χ4v) is 1.64. The molecule has 1 heterocycles. The third kappa shape index (κ3) is 1.19. The van der Waals surface area contributed by atoms with Crippen LogP contribution in [0.15, 0.2) is 18.2 Å². The predicted octanol–water partition coefficient (Wildman–Crippen LogP) is 0.993. The van der Waals surface area contributed by atoms with E-state index in [0.29, 0.717) is 5.56 Å². The lowest BCUT2D eigenvalue weighted by Crippen LogP contribution is -2.28. The van der Waals surface area contributed by atoms with E-state index in [2.05, 4.69) is 17.1 Å². The predicted molar refractivity (Wildman–Crippen MR) is 56.4 cm³/mol. The van der Waals surface area contributed by atoms with Crippen LogP contribution >= 0.6 is 0 Å². The minimum atomic E-state index is -0.392. The van der Waals surface area contributed by atoms with Crippen molar-refractivity contribution in [3.8, 4) is 0 Å². The smallest absolute Gasteiger partial charge is 0.248 e. The number of benzene rings is 1. The molecule has 74 valence electrons. The molecule has 1 unspecified atom stereocenters. The van der Waals surface area contributed by atoms with Gasteiger partial charge in [-0.15, -0.1) is 0 Å².